The van der Waals surface area contributed by atoms with E-state index in [1.165, 1.54) is 5.56 Å². The summed E-state index contributed by atoms with van der Waals surface area (Å²) < 4.78 is 2.07. The second kappa shape index (κ2) is 4.42. The standard InChI is InChI=1S/C11H15N3O/c1-9-2-3-11-13-7-10(14(11)8-9)6-12-4-5-15/h2-3,7-8,12,15H,4-6H2,1H3. The van der Waals surface area contributed by atoms with Gasteiger partial charge in [0.2, 0.25) is 0 Å². The number of aromatic nitrogens is 2. The van der Waals surface area contributed by atoms with E-state index in [4.69, 9.17) is 5.11 Å². The topological polar surface area (TPSA) is 49.6 Å². The lowest BCUT2D eigenvalue weighted by Gasteiger charge is -2.03. The van der Waals surface area contributed by atoms with E-state index in [2.05, 4.69) is 27.8 Å². The van der Waals surface area contributed by atoms with Crippen LogP contribution in [0, 0.1) is 6.92 Å². The second-order valence-electron chi connectivity index (χ2n) is 3.58. The van der Waals surface area contributed by atoms with E-state index < -0.39 is 0 Å². The summed E-state index contributed by atoms with van der Waals surface area (Å²) in [6, 6.07) is 4.05. The van der Waals surface area contributed by atoms with Crippen molar-refractivity contribution in [1.29, 1.82) is 0 Å². The van der Waals surface area contributed by atoms with Crippen LogP contribution in [-0.4, -0.2) is 27.6 Å². The number of aryl methyl sites for hydroxylation is 1. The lowest BCUT2D eigenvalue weighted by molar-refractivity contribution is 0.291. The van der Waals surface area contributed by atoms with Gasteiger partial charge < -0.3 is 14.8 Å². The summed E-state index contributed by atoms with van der Waals surface area (Å²) in [7, 11) is 0. The molecule has 0 aliphatic carbocycles. The van der Waals surface area contributed by atoms with Gasteiger partial charge in [0.25, 0.3) is 0 Å². The number of aliphatic hydroxyl groups is 1. The Morgan fingerprint density at radius 1 is 1.47 bits per heavy atom. The third-order valence-electron chi connectivity index (χ3n) is 2.32. The predicted molar refractivity (Wildman–Crippen MR) is 58.7 cm³/mol. The first-order valence-corrected chi connectivity index (χ1v) is 5.05. The summed E-state index contributed by atoms with van der Waals surface area (Å²) in [5, 5.41) is 11.8. The minimum Gasteiger partial charge on any atom is -0.395 e. The number of pyridine rings is 1. The molecule has 2 aromatic rings. The molecule has 80 valence electrons. The average molecular weight is 205 g/mol. The van der Waals surface area contributed by atoms with E-state index in [0.717, 1.165) is 17.9 Å². The van der Waals surface area contributed by atoms with Gasteiger partial charge in [-0.05, 0) is 18.6 Å². The summed E-state index contributed by atoms with van der Waals surface area (Å²) >= 11 is 0. The smallest absolute Gasteiger partial charge is 0.136 e. The van der Waals surface area contributed by atoms with Crippen LogP contribution in [0.3, 0.4) is 0 Å². The van der Waals surface area contributed by atoms with Gasteiger partial charge in [0.1, 0.15) is 5.65 Å². The van der Waals surface area contributed by atoms with Crippen molar-refractivity contribution >= 4 is 5.65 Å². The van der Waals surface area contributed by atoms with E-state index in [1.54, 1.807) is 0 Å². The molecule has 0 bridgehead atoms. The Morgan fingerprint density at radius 2 is 2.33 bits per heavy atom. The van der Waals surface area contributed by atoms with Gasteiger partial charge in [-0.15, -0.1) is 0 Å². The molecule has 0 aliphatic heterocycles. The molecule has 0 fully saturated rings. The van der Waals surface area contributed by atoms with Crippen molar-refractivity contribution in [2.75, 3.05) is 13.2 Å². The van der Waals surface area contributed by atoms with Crippen molar-refractivity contribution < 1.29 is 5.11 Å². The van der Waals surface area contributed by atoms with E-state index >= 15 is 0 Å². The maximum absolute atomic E-state index is 8.67. The maximum Gasteiger partial charge on any atom is 0.136 e. The summed E-state index contributed by atoms with van der Waals surface area (Å²) in [6.07, 6.45) is 3.93. The first-order chi connectivity index (χ1) is 7.31. The molecule has 2 heterocycles. The molecule has 2 rings (SSSR count). The van der Waals surface area contributed by atoms with Crippen LogP contribution in [0.25, 0.3) is 5.65 Å². The molecule has 0 aliphatic rings. The molecule has 0 spiro atoms. The van der Waals surface area contributed by atoms with Gasteiger partial charge in [-0.2, -0.15) is 0 Å². The number of nitrogens with zero attached hydrogens (tertiary/aromatic N) is 2. The lowest BCUT2D eigenvalue weighted by Crippen LogP contribution is -2.18. The first kappa shape index (κ1) is 10.1. The number of rotatable bonds is 4. The molecule has 0 saturated heterocycles. The van der Waals surface area contributed by atoms with E-state index in [9.17, 15) is 0 Å². The minimum atomic E-state index is 0.162. The Hall–Kier alpha value is -1.39. The molecule has 0 radical (unpaired) electrons. The van der Waals surface area contributed by atoms with Crippen molar-refractivity contribution in [2.24, 2.45) is 0 Å². The Kier molecular flexibility index (Phi) is 2.99. The predicted octanol–water partition coefficient (Wildman–Crippen LogP) is 0.725. The van der Waals surface area contributed by atoms with Crippen molar-refractivity contribution in [3.05, 3.63) is 35.8 Å². The van der Waals surface area contributed by atoms with Gasteiger partial charge >= 0.3 is 0 Å². The Bertz CT molecular complexity index is 450. The van der Waals surface area contributed by atoms with Crippen LogP contribution in [0.5, 0.6) is 0 Å². The summed E-state index contributed by atoms with van der Waals surface area (Å²) in [5.41, 5.74) is 3.28. The SMILES string of the molecule is Cc1ccc2ncc(CNCCO)n2c1. The largest absolute Gasteiger partial charge is 0.395 e. The van der Waals surface area contributed by atoms with Gasteiger partial charge in [-0.3, -0.25) is 0 Å². The zero-order valence-electron chi connectivity index (χ0n) is 8.77. The van der Waals surface area contributed by atoms with Crippen LogP contribution in [0.15, 0.2) is 24.5 Å². The lowest BCUT2D eigenvalue weighted by atomic mass is 10.3. The van der Waals surface area contributed by atoms with Gasteiger partial charge in [0.15, 0.2) is 0 Å². The summed E-state index contributed by atoms with van der Waals surface area (Å²) in [6.45, 7) is 3.56. The van der Waals surface area contributed by atoms with Crippen LogP contribution in [0.2, 0.25) is 0 Å². The molecule has 4 nitrogen and oxygen atoms in total. The maximum atomic E-state index is 8.67. The number of hydrogen-bond acceptors (Lipinski definition) is 3. The Balaban J connectivity index is 2.23. The van der Waals surface area contributed by atoms with E-state index in [0.29, 0.717) is 6.54 Å². The normalized spacial score (nSPS) is 11.1. The molecule has 0 aromatic carbocycles. The van der Waals surface area contributed by atoms with Gasteiger partial charge in [0.05, 0.1) is 18.5 Å². The van der Waals surface area contributed by atoms with E-state index in [-0.39, 0.29) is 6.61 Å². The number of aliphatic hydroxyl groups excluding tert-OH is 1. The second-order valence-corrected chi connectivity index (χ2v) is 3.58. The van der Waals surface area contributed by atoms with Crippen LogP contribution in [-0.2, 0) is 6.54 Å². The molecule has 0 atom stereocenters. The highest BCUT2D eigenvalue weighted by Crippen LogP contribution is 2.08. The van der Waals surface area contributed by atoms with Crippen molar-refractivity contribution in [3.8, 4) is 0 Å². The van der Waals surface area contributed by atoms with Crippen LogP contribution >= 0.6 is 0 Å². The summed E-state index contributed by atoms with van der Waals surface area (Å²) in [4.78, 5) is 4.30. The van der Waals surface area contributed by atoms with Crippen molar-refractivity contribution in [2.45, 2.75) is 13.5 Å². The number of nitrogens with one attached hydrogen (secondary N) is 1. The van der Waals surface area contributed by atoms with E-state index in [1.807, 2.05) is 18.3 Å². The van der Waals surface area contributed by atoms with Crippen LogP contribution in [0.1, 0.15) is 11.3 Å². The number of imidazole rings is 1. The zero-order chi connectivity index (χ0) is 10.7. The third-order valence-corrected chi connectivity index (χ3v) is 2.32. The molecular formula is C11H15N3O. The fourth-order valence-corrected chi connectivity index (χ4v) is 1.56. The van der Waals surface area contributed by atoms with Gasteiger partial charge in [0, 0.05) is 19.3 Å². The van der Waals surface area contributed by atoms with Crippen LogP contribution < -0.4 is 5.32 Å². The number of hydrogen-bond donors (Lipinski definition) is 2. The minimum absolute atomic E-state index is 0.162. The fraction of sp³-hybridized carbons (Fsp3) is 0.364. The summed E-state index contributed by atoms with van der Waals surface area (Å²) in [5.74, 6) is 0. The molecule has 0 amide bonds. The van der Waals surface area contributed by atoms with Gasteiger partial charge in [-0.1, -0.05) is 6.07 Å². The zero-order valence-corrected chi connectivity index (χ0v) is 8.77. The highest BCUT2D eigenvalue weighted by atomic mass is 16.3. The van der Waals surface area contributed by atoms with Crippen molar-refractivity contribution in [1.82, 2.24) is 14.7 Å². The monoisotopic (exact) mass is 205 g/mol. The highest BCUT2D eigenvalue weighted by molar-refractivity contribution is 5.41. The number of fused-ring (bicyclic) bond motifs is 1. The fourth-order valence-electron chi connectivity index (χ4n) is 1.56. The average Bonchev–Trinajstić information content (AvgIpc) is 2.62. The molecule has 15 heavy (non-hydrogen) atoms. The molecule has 4 heteroatoms. The third kappa shape index (κ3) is 2.16. The molecule has 0 unspecified atom stereocenters. The molecule has 0 saturated carbocycles. The first-order valence-electron chi connectivity index (χ1n) is 5.05. The Morgan fingerprint density at radius 3 is 3.13 bits per heavy atom. The highest BCUT2D eigenvalue weighted by Gasteiger charge is 2.01. The molecular weight excluding hydrogens is 190 g/mol. The van der Waals surface area contributed by atoms with Gasteiger partial charge in [-0.25, -0.2) is 4.98 Å². The van der Waals surface area contributed by atoms with Crippen LogP contribution in [0.4, 0.5) is 0 Å². The molecule has 2 aromatic heterocycles. The van der Waals surface area contributed by atoms with Crippen molar-refractivity contribution in [3.63, 3.8) is 0 Å². The Labute approximate surface area is 88.6 Å². The molecule has 2 N–H and O–H groups in total. The quantitative estimate of drug-likeness (QED) is 0.723.